The molecule has 0 heterocycles. The van der Waals surface area contributed by atoms with Crippen LogP contribution in [0, 0.1) is 5.92 Å². The van der Waals surface area contributed by atoms with Gasteiger partial charge in [0.2, 0.25) is 5.91 Å². The summed E-state index contributed by atoms with van der Waals surface area (Å²) in [6.45, 7) is 2.93. The average molecular weight is 216 g/mol. The Morgan fingerprint density at radius 2 is 2.27 bits per heavy atom. The van der Waals surface area contributed by atoms with E-state index in [4.69, 9.17) is 15.6 Å². The van der Waals surface area contributed by atoms with E-state index in [0.717, 1.165) is 12.8 Å². The van der Waals surface area contributed by atoms with Crippen molar-refractivity contribution in [1.82, 2.24) is 5.32 Å². The van der Waals surface area contributed by atoms with Gasteiger partial charge in [0, 0.05) is 6.54 Å². The Hall–Kier alpha value is -0.650. The van der Waals surface area contributed by atoms with Crippen molar-refractivity contribution in [2.75, 3.05) is 26.4 Å². The zero-order valence-corrected chi connectivity index (χ0v) is 9.16. The van der Waals surface area contributed by atoms with Crippen LogP contribution in [0.15, 0.2) is 0 Å². The summed E-state index contributed by atoms with van der Waals surface area (Å²) in [6.07, 6.45) is 2.09. The van der Waals surface area contributed by atoms with Crippen LogP contribution in [0.2, 0.25) is 0 Å². The number of hydrogen-bond donors (Lipinski definition) is 3. The van der Waals surface area contributed by atoms with E-state index in [-0.39, 0.29) is 12.5 Å². The number of amides is 1. The lowest BCUT2D eigenvalue weighted by atomic mass is 9.96. The Morgan fingerprint density at radius 3 is 2.80 bits per heavy atom. The van der Waals surface area contributed by atoms with Crippen LogP contribution >= 0.6 is 0 Å². The second-order valence-corrected chi connectivity index (χ2v) is 4.15. The first-order chi connectivity index (χ1) is 7.09. The molecule has 1 rings (SSSR count). The zero-order valence-electron chi connectivity index (χ0n) is 9.16. The summed E-state index contributed by atoms with van der Waals surface area (Å²) in [5.41, 5.74) is 5.17. The highest BCUT2D eigenvalue weighted by Crippen LogP contribution is 2.37. The van der Waals surface area contributed by atoms with E-state index in [1.807, 2.05) is 0 Å². The molecule has 5 heteroatoms. The van der Waals surface area contributed by atoms with Crippen molar-refractivity contribution in [2.45, 2.75) is 25.3 Å². The summed E-state index contributed by atoms with van der Waals surface area (Å²) < 4.78 is 5.02. The van der Waals surface area contributed by atoms with Gasteiger partial charge in [-0.1, -0.05) is 0 Å². The van der Waals surface area contributed by atoms with Crippen molar-refractivity contribution >= 4 is 5.91 Å². The fraction of sp³-hybridized carbons (Fsp3) is 0.900. The van der Waals surface area contributed by atoms with Crippen LogP contribution in [0.1, 0.15) is 19.8 Å². The van der Waals surface area contributed by atoms with E-state index in [2.05, 4.69) is 5.32 Å². The third-order valence-electron chi connectivity index (χ3n) is 2.68. The monoisotopic (exact) mass is 216 g/mol. The van der Waals surface area contributed by atoms with E-state index in [1.54, 1.807) is 6.92 Å². The number of nitrogens with two attached hydrogens (primary N) is 1. The number of aliphatic hydroxyl groups is 1. The number of carbonyl (C=O) groups excluding carboxylic acids is 1. The molecule has 0 radical (unpaired) electrons. The standard InChI is InChI=1S/C10H20N2O3/c1-10(11,8-2-3-8)9(14)12-4-6-15-7-5-13/h8,13H,2-7,11H2,1H3,(H,12,14). The van der Waals surface area contributed by atoms with Crippen LogP contribution in [0.3, 0.4) is 0 Å². The summed E-state index contributed by atoms with van der Waals surface area (Å²) in [5.74, 6) is 0.216. The van der Waals surface area contributed by atoms with Crippen LogP contribution in [0.4, 0.5) is 0 Å². The minimum atomic E-state index is -0.739. The van der Waals surface area contributed by atoms with Crippen molar-refractivity contribution in [3.05, 3.63) is 0 Å². The molecular formula is C10H20N2O3. The largest absolute Gasteiger partial charge is 0.394 e. The second-order valence-electron chi connectivity index (χ2n) is 4.15. The van der Waals surface area contributed by atoms with E-state index >= 15 is 0 Å². The molecule has 15 heavy (non-hydrogen) atoms. The Morgan fingerprint density at radius 1 is 1.60 bits per heavy atom. The number of carbonyl (C=O) groups is 1. The second kappa shape index (κ2) is 5.44. The van der Waals surface area contributed by atoms with Crippen LogP contribution in [0.25, 0.3) is 0 Å². The molecule has 1 fully saturated rings. The molecule has 1 amide bonds. The fourth-order valence-corrected chi connectivity index (χ4v) is 1.46. The number of hydrogen-bond acceptors (Lipinski definition) is 4. The molecule has 1 aliphatic carbocycles. The molecule has 1 unspecified atom stereocenters. The van der Waals surface area contributed by atoms with Gasteiger partial charge in [-0.25, -0.2) is 0 Å². The average Bonchev–Trinajstić information content (AvgIpc) is 3.00. The molecule has 0 aromatic heterocycles. The highest BCUT2D eigenvalue weighted by atomic mass is 16.5. The van der Waals surface area contributed by atoms with Crippen molar-refractivity contribution < 1.29 is 14.6 Å². The molecule has 0 aliphatic heterocycles. The molecule has 1 aliphatic rings. The molecule has 88 valence electrons. The topological polar surface area (TPSA) is 84.6 Å². The van der Waals surface area contributed by atoms with Gasteiger partial charge in [0.25, 0.3) is 0 Å². The maximum atomic E-state index is 11.6. The Bertz CT molecular complexity index is 215. The molecule has 0 aromatic carbocycles. The first kappa shape index (κ1) is 12.4. The summed E-state index contributed by atoms with van der Waals surface area (Å²) in [5, 5.41) is 11.2. The van der Waals surface area contributed by atoms with Gasteiger partial charge < -0.3 is 20.9 Å². The number of ether oxygens (including phenoxy) is 1. The van der Waals surface area contributed by atoms with Gasteiger partial charge in [-0.3, -0.25) is 4.79 Å². The number of nitrogens with one attached hydrogen (secondary N) is 1. The molecule has 5 nitrogen and oxygen atoms in total. The lowest BCUT2D eigenvalue weighted by molar-refractivity contribution is -0.126. The maximum Gasteiger partial charge on any atom is 0.240 e. The molecule has 0 bridgehead atoms. The predicted molar refractivity (Wildman–Crippen MR) is 56.2 cm³/mol. The fourth-order valence-electron chi connectivity index (χ4n) is 1.46. The van der Waals surface area contributed by atoms with Gasteiger partial charge in [0.1, 0.15) is 0 Å². The van der Waals surface area contributed by atoms with Crippen molar-refractivity contribution in [2.24, 2.45) is 11.7 Å². The van der Waals surface area contributed by atoms with Crippen molar-refractivity contribution in [3.63, 3.8) is 0 Å². The van der Waals surface area contributed by atoms with E-state index in [9.17, 15) is 4.79 Å². The van der Waals surface area contributed by atoms with Gasteiger partial charge in [-0.05, 0) is 25.7 Å². The molecule has 0 spiro atoms. The highest BCUT2D eigenvalue weighted by molar-refractivity contribution is 5.86. The smallest absolute Gasteiger partial charge is 0.240 e. The maximum absolute atomic E-state index is 11.6. The molecule has 1 saturated carbocycles. The number of rotatable bonds is 7. The summed E-state index contributed by atoms with van der Waals surface area (Å²) in [4.78, 5) is 11.6. The Kier molecular flexibility index (Phi) is 4.50. The van der Waals surface area contributed by atoms with Crippen molar-refractivity contribution in [1.29, 1.82) is 0 Å². The molecule has 4 N–H and O–H groups in total. The highest BCUT2D eigenvalue weighted by Gasteiger charge is 2.43. The first-order valence-electron chi connectivity index (χ1n) is 5.35. The van der Waals surface area contributed by atoms with E-state index < -0.39 is 5.54 Å². The quantitative estimate of drug-likeness (QED) is 0.488. The number of aliphatic hydroxyl groups excluding tert-OH is 1. The van der Waals surface area contributed by atoms with Crippen molar-refractivity contribution in [3.8, 4) is 0 Å². The van der Waals surface area contributed by atoms with Gasteiger partial charge in [-0.15, -0.1) is 0 Å². The van der Waals surface area contributed by atoms with Gasteiger partial charge in [0.15, 0.2) is 0 Å². The van der Waals surface area contributed by atoms with Gasteiger partial charge in [-0.2, -0.15) is 0 Å². The van der Waals surface area contributed by atoms with Crippen LogP contribution in [0.5, 0.6) is 0 Å². The SMILES string of the molecule is CC(N)(C(=O)NCCOCCO)C1CC1. The van der Waals surface area contributed by atoms with E-state index in [0.29, 0.717) is 25.7 Å². The minimum absolute atomic E-state index is 0.00459. The minimum Gasteiger partial charge on any atom is -0.394 e. The van der Waals surface area contributed by atoms with Gasteiger partial charge in [0.05, 0.1) is 25.4 Å². The van der Waals surface area contributed by atoms with E-state index in [1.165, 1.54) is 0 Å². The molecular weight excluding hydrogens is 196 g/mol. The molecule has 1 atom stereocenters. The lowest BCUT2D eigenvalue weighted by Gasteiger charge is -2.23. The predicted octanol–water partition coefficient (Wildman–Crippen LogP) is -0.761. The Labute approximate surface area is 90.0 Å². The Balaban J connectivity index is 2.12. The van der Waals surface area contributed by atoms with Gasteiger partial charge >= 0.3 is 0 Å². The summed E-state index contributed by atoms with van der Waals surface area (Å²) >= 11 is 0. The molecule has 0 saturated heterocycles. The van der Waals surface area contributed by atoms with Crippen LogP contribution < -0.4 is 11.1 Å². The normalized spacial score (nSPS) is 19.7. The van der Waals surface area contributed by atoms with Crippen LogP contribution in [-0.4, -0.2) is 42.9 Å². The summed E-state index contributed by atoms with van der Waals surface area (Å²) in [6, 6.07) is 0. The first-order valence-corrected chi connectivity index (χ1v) is 5.35. The summed E-state index contributed by atoms with van der Waals surface area (Å²) in [7, 11) is 0. The molecule has 0 aromatic rings. The lowest BCUT2D eigenvalue weighted by Crippen LogP contribution is -2.53. The zero-order chi connectivity index (χ0) is 11.3. The third kappa shape index (κ3) is 3.77. The third-order valence-corrected chi connectivity index (χ3v) is 2.68. The van der Waals surface area contributed by atoms with Crippen LogP contribution in [-0.2, 0) is 9.53 Å².